The third kappa shape index (κ3) is 3.27. The molecule has 20 heavy (non-hydrogen) atoms. The summed E-state index contributed by atoms with van der Waals surface area (Å²) >= 11 is 0. The molecular formula is C14H17N2O3S+. The van der Waals surface area contributed by atoms with Crippen LogP contribution in [0.2, 0.25) is 0 Å². The number of nitrogens with zero attached hydrogens (tertiary/aromatic N) is 2. The van der Waals surface area contributed by atoms with Gasteiger partial charge >= 0.3 is 10.3 Å². The van der Waals surface area contributed by atoms with Gasteiger partial charge in [0.25, 0.3) is 0 Å². The number of rotatable bonds is 4. The highest BCUT2D eigenvalue weighted by Crippen LogP contribution is 2.13. The van der Waals surface area contributed by atoms with Crippen LogP contribution in [0.15, 0.2) is 48.8 Å². The topological polar surface area (TPSA) is 50.5 Å². The van der Waals surface area contributed by atoms with Gasteiger partial charge in [-0.15, -0.1) is 8.42 Å². The number of aryl methyl sites for hydroxylation is 1. The zero-order valence-electron chi connectivity index (χ0n) is 11.6. The summed E-state index contributed by atoms with van der Waals surface area (Å²) < 4.78 is 30.3. The van der Waals surface area contributed by atoms with Gasteiger partial charge < -0.3 is 9.08 Å². The van der Waals surface area contributed by atoms with E-state index in [0.29, 0.717) is 5.75 Å². The van der Waals surface area contributed by atoms with Gasteiger partial charge in [0.1, 0.15) is 5.75 Å². The number of benzene rings is 1. The fraction of sp³-hybridized carbons (Fsp3) is 0.214. The molecule has 0 fully saturated rings. The number of aromatic nitrogens is 1. The maximum Gasteiger partial charge on any atom is 0.565 e. The van der Waals surface area contributed by atoms with E-state index in [1.165, 1.54) is 12.4 Å². The molecule has 0 aliphatic carbocycles. The Hall–Kier alpha value is -2.08. The molecule has 0 amide bonds. The van der Waals surface area contributed by atoms with Crippen molar-refractivity contribution in [2.45, 2.75) is 6.92 Å². The first kappa shape index (κ1) is 14.3. The van der Waals surface area contributed by atoms with Crippen molar-refractivity contribution >= 4 is 16.0 Å². The van der Waals surface area contributed by atoms with Crippen LogP contribution >= 0.6 is 0 Å². The molecule has 0 unspecified atom stereocenters. The fourth-order valence-electron chi connectivity index (χ4n) is 1.61. The quantitative estimate of drug-likeness (QED) is 0.802. The van der Waals surface area contributed by atoms with Gasteiger partial charge in [0.05, 0.1) is 0 Å². The monoisotopic (exact) mass is 293 g/mol. The maximum atomic E-state index is 12.1. The molecule has 5 nitrogen and oxygen atoms in total. The minimum atomic E-state index is -3.87. The minimum Gasteiger partial charge on any atom is -0.377 e. The third-order valence-corrected chi connectivity index (χ3v) is 3.94. The molecule has 0 saturated heterocycles. The van der Waals surface area contributed by atoms with Crippen molar-refractivity contribution in [3.8, 4) is 5.75 Å². The normalized spacial score (nSPS) is 11.2. The molecular weight excluding hydrogens is 276 g/mol. The largest absolute Gasteiger partial charge is 0.565 e. The van der Waals surface area contributed by atoms with Crippen LogP contribution in [0, 0.1) is 6.92 Å². The number of hydrogen-bond acceptors (Lipinski definition) is 4. The Balaban J connectivity index is 2.23. The first-order valence-electron chi connectivity index (χ1n) is 6.09. The summed E-state index contributed by atoms with van der Waals surface area (Å²) in [6.07, 6.45) is 2.91. The smallest absolute Gasteiger partial charge is 0.377 e. The summed E-state index contributed by atoms with van der Waals surface area (Å²) in [6, 6.07) is 10.3. The molecule has 0 spiro atoms. The van der Waals surface area contributed by atoms with E-state index >= 15 is 0 Å². The van der Waals surface area contributed by atoms with E-state index < -0.39 is 10.3 Å². The van der Waals surface area contributed by atoms with Gasteiger partial charge in [-0.05, 0) is 19.1 Å². The molecule has 1 aromatic carbocycles. The predicted octanol–water partition coefficient (Wildman–Crippen LogP) is 1.52. The predicted molar refractivity (Wildman–Crippen MR) is 77.1 cm³/mol. The second kappa shape index (κ2) is 5.50. The molecule has 0 N–H and O–H groups in total. The Bertz CT molecular complexity index is 677. The van der Waals surface area contributed by atoms with Crippen molar-refractivity contribution < 1.29 is 16.6 Å². The van der Waals surface area contributed by atoms with Gasteiger partial charge in [-0.2, -0.15) is 0 Å². The molecule has 1 heterocycles. The van der Waals surface area contributed by atoms with Crippen molar-refractivity contribution in [2.75, 3.05) is 19.0 Å². The molecule has 0 atom stereocenters. The van der Waals surface area contributed by atoms with Crippen LogP contribution in [0.5, 0.6) is 5.75 Å². The molecule has 0 radical (unpaired) electrons. The van der Waals surface area contributed by atoms with Crippen LogP contribution in [0.1, 0.15) is 5.56 Å². The summed E-state index contributed by atoms with van der Waals surface area (Å²) in [5, 5.41) is 0. The van der Waals surface area contributed by atoms with E-state index in [9.17, 15) is 8.42 Å². The SMILES string of the molecule is Cc1ccc(OS(=O)(=O)[n+]2ccc(N(C)C)cc2)cc1. The van der Waals surface area contributed by atoms with Crippen molar-refractivity contribution in [1.82, 2.24) is 0 Å². The van der Waals surface area contributed by atoms with Crippen LogP contribution in [0.4, 0.5) is 5.69 Å². The van der Waals surface area contributed by atoms with Crippen LogP contribution in [0.25, 0.3) is 0 Å². The highest BCUT2D eigenvalue weighted by Gasteiger charge is 2.24. The van der Waals surface area contributed by atoms with Crippen LogP contribution in [0.3, 0.4) is 0 Å². The molecule has 0 aliphatic heterocycles. The van der Waals surface area contributed by atoms with E-state index in [2.05, 4.69) is 0 Å². The Morgan fingerprint density at radius 1 is 1.00 bits per heavy atom. The van der Waals surface area contributed by atoms with E-state index in [-0.39, 0.29) is 0 Å². The van der Waals surface area contributed by atoms with E-state index in [1.54, 1.807) is 36.4 Å². The van der Waals surface area contributed by atoms with Gasteiger partial charge in [0.15, 0.2) is 12.4 Å². The second-order valence-corrected chi connectivity index (χ2v) is 6.08. The first-order chi connectivity index (χ1) is 9.38. The molecule has 0 aliphatic rings. The lowest BCUT2D eigenvalue weighted by atomic mass is 10.2. The van der Waals surface area contributed by atoms with Gasteiger partial charge in [0.2, 0.25) is 0 Å². The van der Waals surface area contributed by atoms with Crippen molar-refractivity contribution in [1.29, 1.82) is 0 Å². The van der Waals surface area contributed by atoms with Crippen molar-refractivity contribution in [3.63, 3.8) is 0 Å². The highest BCUT2D eigenvalue weighted by atomic mass is 32.2. The van der Waals surface area contributed by atoms with Crippen LogP contribution in [-0.4, -0.2) is 22.5 Å². The van der Waals surface area contributed by atoms with Crippen LogP contribution < -0.4 is 13.1 Å². The average molecular weight is 293 g/mol. The lowest BCUT2D eigenvalue weighted by Gasteiger charge is -2.10. The summed E-state index contributed by atoms with van der Waals surface area (Å²) in [6.45, 7) is 1.92. The standard InChI is InChI=1S/C14H17N2O3S/c1-12-4-6-14(7-5-12)19-20(17,18)16-10-8-13(9-11-16)15(2)3/h4-11H,1-3H3/q+1. The Morgan fingerprint density at radius 3 is 2.05 bits per heavy atom. The summed E-state index contributed by atoms with van der Waals surface area (Å²) in [5.74, 6) is 0.291. The summed E-state index contributed by atoms with van der Waals surface area (Å²) in [4.78, 5) is 1.89. The van der Waals surface area contributed by atoms with Crippen LogP contribution in [-0.2, 0) is 10.3 Å². The van der Waals surface area contributed by atoms with E-state index in [4.69, 9.17) is 4.18 Å². The minimum absolute atomic E-state index is 0.291. The van der Waals surface area contributed by atoms with Crippen molar-refractivity contribution in [3.05, 3.63) is 54.4 Å². The lowest BCUT2D eigenvalue weighted by molar-refractivity contribution is -0.517. The van der Waals surface area contributed by atoms with Gasteiger partial charge in [-0.25, -0.2) is 0 Å². The molecule has 106 valence electrons. The van der Waals surface area contributed by atoms with E-state index in [0.717, 1.165) is 15.2 Å². The molecule has 0 saturated carbocycles. The highest BCUT2D eigenvalue weighted by molar-refractivity contribution is 7.80. The zero-order chi connectivity index (χ0) is 14.8. The number of pyridine rings is 1. The first-order valence-corrected chi connectivity index (χ1v) is 7.45. The van der Waals surface area contributed by atoms with E-state index in [1.807, 2.05) is 25.9 Å². The fourth-order valence-corrected chi connectivity index (χ4v) is 2.47. The zero-order valence-corrected chi connectivity index (χ0v) is 12.5. The maximum absolute atomic E-state index is 12.1. The average Bonchev–Trinajstić information content (AvgIpc) is 2.41. The van der Waals surface area contributed by atoms with Gasteiger partial charge in [0, 0.05) is 31.9 Å². The second-order valence-electron chi connectivity index (χ2n) is 4.63. The molecule has 2 aromatic rings. The molecule has 2 rings (SSSR count). The third-order valence-electron chi connectivity index (χ3n) is 2.78. The Morgan fingerprint density at radius 2 is 1.55 bits per heavy atom. The van der Waals surface area contributed by atoms with Gasteiger partial charge in [-0.3, -0.25) is 0 Å². The molecule has 1 aromatic heterocycles. The number of anilines is 1. The molecule has 6 heteroatoms. The Kier molecular flexibility index (Phi) is 3.94. The summed E-state index contributed by atoms with van der Waals surface area (Å²) in [5.41, 5.74) is 1.95. The molecule has 0 bridgehead atoms. The summed E-state index contributed by atoms with van der Waals surface area (Å²) in [7, 11) is -0.0987. The van der Waals surface area contributed by atoms with Gasteiger partial charge in [-0.1, -0.05) is 21.7 Å². The lowest BCUT2D eigenvalue weighted by Crippen LogP contribution is -2.45. The number of hydrogen-bond donors (Lipinski definition) is 0. The van der Waals surface area contributed by atoms with Crippen molar-refractivity contribution in [2.24, 2.45) is 0 Å². The Labute approximate surface area is 119 Å².